The Labute approximate surface area is 172 Å². The van der Waals surface area contributed by atoms with Crippen LogP contribution < -0.4 is 11.0 Å². The second-order valence-corrected chi connectivity index (χ2v) is 8.05. The molecule has 2 atom stereocenters. The summed E-state index contributed by atoms with van der Waals surface area (Å²) in [6.07, 6.45) is 0.690. The Bertz CT molecular complexity index is 1000. The zero-order valence-electron chi connectivity index (χ0n) is 16.3. The molecule has 1 aromatic heterocycles. The van der Waals surface area contributed by atoms with Gasteiger partial charge in [-0.1, -0.05) is 54.2 Å². The first-order chi connectivity index (χ1) is 13.9. The summed E-state index contributed by atoms with van der Waals surface area (Å²) in [6.45, 7) is 4.08. The third kappa shape index (κ3) is 5.57. The summed E-state index contributed by atoms with van der Waals surface area (Å²) < 4.78 is 14.6. The molecule has 0 aliphatic heterocycles. The molecule has 0 bridgehead atoms. The monoisotopic (exact) mass is 414 g/mol. The Morgan fingerprint density at radius 2 is 1.86 bits per heavy atom. The lowest BCUT2D eigenvalue weighted by Gasteiger charge is -2.17. The molecule has 1 heterocycles. The van der Waals surface area contributed by atoms with Gasteiger partial charge in [-0.05, 0) is 43.5 Å². The van der Waals surface area contributed by atoms with Crippen LogP contribution in [0.4, 0.5) is 4.39 Å². The summed E-state index contributed by atoms with van der Waals surface area (Å²) in [4.78, 5) is 24.7. The quantitative estimate of drug-likeness (QED) is 0.554. The Hall–Kier alpha value is -2.87. The average molecular weight is 415 g/mol. The van der Waals surface area contributed by atoms with Crippen molar-refractivity contribution < 1.29 is 9.18 Å². The molecular formula is C21H23FN4O2S. The van der Waals surface area contributed by atoms with Gasteiger partial charge in [0.05, 0.1) is 11.3 Å². The van der Waals surface area contributed by atoms with Crippen LogP contribution in [-0.4, -0.2) is 25.9 Å². The maximum atomic E-state index is 13.1. The van der Waals surface area contributed by atoms with E-state index in [1.165, 1.54) is 23.9 Å². The van der Waals surface area contributed by atoms with Crippen molar-refractivity contribution in [3.8, 4) is 0 Å². The summed E-state index contributed by atoms with van der Waals surface area (Å²) in [5.74, 6) is -0.500. The van der Waals surface area contributed by atoms with Crippen molar-refractivity contribution >= 4 is 17.7 Å². The Morgan fingerprint density at radius 1 is 1.17 bits per heavy atom. The van der Waals surface area contributed by atoms with E-state index in [0.29, 0.717) is 18.1 Å². The minimum absolute atomic E-state index is 0.183. The fraction of sp³-hybridized carbons (Fsp3) is 0.286. The lowest BCUT2D eigenvalue weighted by molar-refractivity contribution is -0.120. The fourth-order valence-corrected chi connectivity index (χ4v) is 3.74. The van der Waals surface area contributed by atoms with Crippen LogP contribution >= 0.6 is 11.8 Å². The average Bonchev–Trinajstić information content (AvgIpc) is 3.06. The highest BCUT2D eigenvalue weighted by Gasteiger charge is 2.21. The molecule has 3 aromatic rings. The highest BCUT2D eigenvalue weighted by atomic mass is 32.2. The second kappa shape index (κ2) is 9.56. The van der Waals surface area contributed by atoms with Crippen molar-refractivity contribution in [1.29, 1.82) is 0 Å². The maximum absolute atomic E-state index is 13.1. The van der Waals surface area contributed by atoms with Gasteiger partial charge in [-0.3, -0.25) is 9.36 Å². The van der Waals surface area contributed by atoms with Crippen molar-refractivity contribution in [2.24, 2.45) is 0 Å². The zero-order valence-corrected chi connectivity index (χ0v) is 17.1. The van der Waals surface area contributed by atoms with E-state index in [0.717, 1.165) is 11.1 Å². The molecule has 0 aliphatic rings. The number of nitrogens with one attached hydrogen (secondary N) is 2. The first-order valence-electron chi connectivity index (χ1n) is 9.35. The third-order valence-electron chi connectivity index (χ3n) is 4.57. The topological polar surface area (TPSA) is 79.8 Å². The van der Waals surface area contributed by atoms with Gasteiger partial charge in [0, 0.05) is 6.54 Å². The standard InChI is InChI=1S/C21H23FN4O2S/c1-14(17-8-10-18(22)11-9-17)23-19(27)15(2)29-21-25-24-20(28)26(21)13-12-16-6-4-3-5-7-16/h3-11,14-15H,12-13H2,1-2H3,(H,23,27)(H,24,28)/t14-,15-/m1/s1. The molecule has 2 N–H and O–H groups in total. The minimum Gasteiger partial charge on any atom is -0.349 e. The number of thioether (sulfide) groups is 1. The highest BCUT2D eigenvalue weighted by molar-refractivity contribution is 8.00. The van der Waals surface area contributed by atoms with E-state index in [2.05, 4.69) is 15.5 Å². The van der Waals surface area contributed by atoms with Gasteiger partial charge < -0.3 is 5.32 Å². The number of benzene rings is 2. The molecule has 152 valence electrons. The number of hydrogen-bond donors (Lipinski definition) is 2. The second-order valence-electron chi connectivity index (χ2n) is 6.74. The molecule has 6 nitrogen and oxygen atoms in total. The molecule has 29 heavy (non-hydrogen) atoms. The summed E-state index contributed by atoms with van der Waals surface area (Å²) in [7, 11) is 0. The van der Waals surface area contributed by atoms with E-state index in [1.54, 1.807) is 23.6 Å². The number of nitrogens with zero attached hydrogens (tertiary/aromatic N) is 2. The number of halogens is 1. The van der Waals surface area contributed by atoms with Crippen LogP contribution in [0.3, 0.4) is 0 Å². The summed E-state index contributed by atoms with van der Waals surface area (Å²) in [5, 5.41) is 9.46. The number of aromatic nitrogens is 3. The predicted molar refractivity (Wildman–Crippen MR) is 111 cm³/mol. The maximum Gasteiger partial charge on any atom is 0.343 e. The first kappa shape index (κ1) is 20.9. The number of carbonyl (C=O) groups excluding carboxylic acids is 1. The Balaban J connectivity index is 1.61. The molecule has 1 amide bonds. The van der Waals surface area contributed by atoms with Crippen LogP contribution in [0.15, 0.2) is 64.5 Å². The molecule has 0 saturated heterocycles. The number of H-pyrrole nitrogens is 1. The van der Waals surface area contributed by atoms with Crippen LogP contribution in [0.25, 0.3) is 0 Å². The van der Waals surface area contributed by atoms with E-state index >= 15 is 0 Å². The van der Waals surface area contributed by atoms with Crippen LogP contribution in [0, 0.1) is 5.82 Å². The van der Waals surface area contributed by atoms with Crippen molar-refractivity contribution in [1.82, 2.24) is 20.1 Å². The van der Waals surface area contributed by atoms with Gasteiger partial charge in [-0.15, -0.1) is 5.10 Å². The lowest BCUT2D eigenvalue weighted by Crippen LogP contribution is -2.33. The SMILES string of the molecule is C[C@@H](Sc1n[nH]c(=O)n1CCc1ccccc1)C(=O)N[C@H](C)c1ccc(F)cc1. The van der Waals surface area contributed by atoms with E-state index < -0.39 is 5.25 Å². The molecule has 3 rings (SSSR count). The number of rotatable bonds is 8. The first-order valence-corrected chi connectivity index (χ1v) is 10.2. The van der Waals surface area contributed by atoms with Gasteiger partial charge in [0.25, 0.3) is 0 Å². The van der Waals surface area contributed by atoms with Gasteiger partial charge >= 0.3 is 5.69 Å². The molecular weight excluding hydrogens is 391 g/mol. The number of aryl methyl sites for hydroxylation is 1. The molecule has 0 saturated carbocycles. The smallest absolute Gasteiger partial charge is 0.343 e. The van der Waals surface area contributed by atoms with Crippen LogP contribution in [0.2, 0.25) is 0 Å². The third-order valence-corrected chi connectivity index (χ3v) is 5.66. The number of amides is 1. The van der Waals surface area contributed by atoms with Crippen molar-refractivity contribution in [2.75, 3.05) is 0 Å². The van der Waals surface area contributed by atoms with Gasteiger partial charge in [-0.25, -0.2) is 14.3 Å². The number of hydrogen-bond acceptors (Lipinski definition) is 4. The molecule has 2 aromatic carbocycles. The van der Waals surface area contributed by atoms with Crippen LogP contribution in [-0.2, 0) is 17.8 Å². The molecule has 0 fully saturated rings. The van der Waals surface area contributed by atoms with Crippen molar-refractivity contribution in [3.63, 3.8) is 0 Å². The van der Waals surface area contributed by atoms with Crippen molar-refractivity contribution in [2.45, 2.75) is 43.3 Å². The van der Waals surface area contributed by atoms with Gasteiger partial charge in [0.2, 0.25) is 5.91 Å². The van der Waals surface area contributed by atoms with Gasteiger partial charge in [0.1, 0.15) is 5.82 Å². The molecule has 0 radical (unpaired) electrons. The van der Waals surface area contributed by atoms with Crippen LogP contribution in [0.5, 0.6) is 0 Å². The van der Waals surface area contributed by atoms with E-state index in [-0.39, 0.29) is 23.5 Å². The summed E-state index contributed by atoms with van der Waals surface area (Å²) in [5.41, 5.74) is 1.64. The summed E-state index contributed by atoms with van der Waals surface area (Å²) in [6, 6.07) is 15.6. The minimum atomic E-state index is -0.455. The molecule has 0 spiro atoms. The molecule has 0 aliphatic carbocycles. The van der Waals surface area contributed by atoms with Crippen molar-refractivity contribution in [3.05, 3.63) is 82.0 Å². The molecule has 0 unspecified atom stereocenters. The number of carbonyl (C=O) groups is 1. The predicted octanol–water partition coefficient (Wildman–Crippen LogP) is 3.31. The summed E-state index contributed by atoms with van der Waals surface area (Å²) >= 11 is 1.22. The molecule has 8 heteroatoms. The van der Waals surface area contributed by atoms with Gasteiger partial charge in [-0.2, -0.15) is 0 Å². The Kier molecular flexibility index (Phi) is 6.87. The Morgan fingerprint density at radius 3 is 2.55 bits per heavy atom. The van der Waals surface area contributed by atoms with E-state index in [9.17, 15) is 14.0 Å². The largest absolute Gasteiger partial charge is 0.349 e. The normalized spacial score (nSPS) is 13.1. The number of aromatic amines is 1. The lowest BCUT2D eigenvalue weighted by atomic mass is 10.1. The van der Waals surface area contributed by atoms with Crippen LogP contribution in [0.1, 0.15) is 31.0 Å². The fourth-order valence-electron chi connectivity index (χ4n) is 2.85. The zero-order chi connectivity index (χ0) is 20.8. The highest BCUT2D eigenvalue weighted by Crippen LogP contribution is 2.22. The van der Waals surface area contributed by atoms with E-state index in [1.807, 2.05) is 37.3 Å². The van der Waals surface area contributed by atoms with E-state index in [4.69, 9.17) is 0 Å². The van der Waals surface area contributed by atoms with Gasteiger partial charge in [0.15, 0.2) is 5.16 Å².